The molecule has 2 heterocycles. The van der Waals surface area contributed by atoms with Crippen LogP contribution in [0.2, 0.25) is 0 Å². The van der Waals surface area contributed by atoms with Gasteiger partial charge >= 0.3 is 0 Å². The van der Waals surface area contributed by atoms with Gasteiger partial charge in [-0.3, -0.25) is 4.90 Å². The fourth-order valence-electron chi connectivity index (χ4n) is 4.78. The number of nitrogens with one attached hydrogen (secondary N) is 1. The van der Waals surface area contributed by atoms with E-state index in [4.69, 9.17) is 0 Å². The predicted molar refractivity (Wildman–Crippen MR) is 116 cm³/mol. The second-order valence-electron chi connectivity index (χ2n) is 8.69. The van der Waals surface area contributed by atoms with Crippen LogP contribution in [0.1, 0.15) is 49.9 Å². The van der Waals surface area contributed by atoms with Gasteiger partial charge in [-0.2, -0.15) is 0 Å². The summed E-state index contributed by atoms with van der Waals surface area (Å²) in [6.07, 6.45) is 3.26. The van der Waals surface area contributed by atoms with E-state index in [1.807, 2.05) is 31.3 Å². The first-order valence-electron chi connectivity index (χ1n) is 10.6. The van der Waals surface area contributed by atoms with E-state index in [2.05, 4.69) is 22.1 Å². The molecule has 0 amide bonds. The van der Waals surface area contributed by atoms with E-state index in [9.17, 15) is 13.9 Å². The molecule has 2 aliphatic rings. The molecule has 1 aromatic heterocycles. The number of aliphatic hydroxyl groups excluding tert-OH is 1. The van der Waals surface area contributed by atoms with Crippen molar-refractivity contribution in [1.82, 2.24) is 9.88 Å². The Morgan fingerprint density at radius 1 is 1.30 bits per heavy atom. The number of rotatable bonds is 6. The normalized spacial score (nSPS) is 23.1. The molecule has 0 spiro atoms. The predicted octanol–water partition coefficient (Wildman–Crippen LogP) is 4.52. The number of aromatic nitrogens is 1. The highest BCUT2D eigenvalue weighted by Gasteiger charge is 2.41. The number of anilines is 1. The zero-order valence-corrected chi connectivity index (χ0v) is 17.8. The lowest BCUT2D eigenvalue weighted by molar-refractivity contribution is 0.0193. The molecule has 0 bridgehead atoms. The Kier molecular flexibility index (Phi) is 5.64. The highest BCUT2D eigenvalue weighted by atomic mass is 19.1. The van der Waals surface area contributed by atoms with Gasteiger partial charge in [-0.25, -0.2) is 13.8 Å². The van der Waals surface area contributed by atoms with Gasteiger partial charge in [0.25, 0.3) is 0 Å². The quantitative estimate of drug-likeness (QED) is 0.731. The average molecular weight is 414 g/mol. The van der Waals surface area contributed by atoms with Crippen molar-refractivity contribution < 1.29 is 13.9 Å². The number of fused-ring (bicyclic) bond motifs is 2. The summed E-state index contributed by atoms with van der Waals surface area (Å²) in [5.41, 5.74) is 3.78. The molecule has 0 saturated carbocycles. The Hall–Kier alpha value is -2.31. The Bertz CT molecular complexity index is 955. The van der Waals surface area contributed by atoms with Crippen molar-refractivity contribution in [3.8, 4) is 0 Å². The van der Waals surface area contributed by atoms with Gasteiger partial charge in [0.2, 0.25) is 0 Å². The number of aliphatic hydroxyl groups is 1. The largest absolute Gasteiger partial charge is 0.393 e. The van der Waals surface area contributed by atoms with Gasteiger partial charge < -0.3 is 10.4 Å². The number of alkyl halides is 1. The molecule has 3 unspecified atom stereocenters. The van der Waals surface area contributed by atoms with E-state index in [1.165, 1.54) is 24.1 Å². The van der Waals surface area contributed by atoms with E-state index in [1.54, 1.807) is 6.07 Å². The number of benzene rings is 1. The summed E-state index contributed by atoms with van der Waals surface area (Å²) >= 11 is 0. The molecule has 2 aromatic rings. The SMILES string of the molecule is CCNc1ccc(C2C3=C(CC(C)N2CC(C)(F)CO)c2ccc(F)cc2C3)cn1. The lowest BCUT2D eigenvalue weighted by Gasteiger charge is -2.44. The van der Waals surface area contributed by atoms with E-state index in [0.717, 1.165) is 35.5 Å². The lowest BCUT2D eigenvalue weighted by Crippen LogP contribution is -2.48. The fraction of sp³-hybridized carbons (Fsp3) is 0.458. The third-order valence-electron chi connectivity index (χ3n) is 6.19. The van der Waals surface area contributed by atoms with Crippen molar-refractivity contribution in [3.05, 3.63) is 64.6 Å². The van der Waals surface area contributed by atoms with Gasteiger partial charge in [-0.1, -0.05) is 12.1 Å². The Morgan fingerprint density at radius 2 is 2.10 bits per heavy atom. The maximum atomic E-state index is 14.9. The number of hydrogen-bond donors (Lipinski definition) is 2. The molecule has 0 fully saturated rings. The highest BCUT2D eigenvalue weighted by Crippen LogP contribution is 2.49. The minimum atomic E-state index is -1.71. The maximum Gasteiger partial charge on any atom is 0.143 e. The first-order valence-corrected chi connectivity index (χ1v) is 10.6. The first-order chi connectivity index (χ1) is 14.3. The number of pyridine rings is 1. The molecule has 30 heavy (non-hydrogen) atoms. The topological polar surface area (TPSA) is 48.4 Å². The van der Waals surface area contributed by atoms with Crippen molar-refractivity contribution in [3.63, 3.8) is 0 Å². The molecule has 160 valence electrons. The molecule has 4 nitrogen and oxygen atoms in total. The van der Waals surface area contributed by atoms with Gasteiger partial charge in [0.15, 0.2) is 0 Å². The molecular weight excluding hydrogens is 384 g/mol. The minimum Gasteiger partial charge on any atom is -0.393 e. The number of nitrogens with zero attached hydrogens (tertiary/aromatic N) is 2. The molecule has 0 saturated heterocycles. The summed E-state index contributed by atoms with van der Waals surface area (Å²) in [5, 5.41) is 12.7. The number of hydrogen-bond acceptors (Lipinski definition) is 4. The Labute approximate surface area is 176 Å². The van der Waals surface area contributed by atoms with Crippen molar-refractivity contribution in [2.45, 2.75) is 51.4 Å². The summed E-state index contributed by atoms with van der Waals surface area (Å²) in [6.45, 7) is 5.91. The summed E-state index contributed by atoms with van der Waals surface area (Å²) in [4.78, 5) is 6.66. The summed E-state index contributed by atoms with van der Waals surface area (Å²) in [6, 6.07) is 8.87. The van der Waals surface area contributed by atoms with E-state index < -0.39 is 12.3 Å². The van der Waals surface area contributed by atoms with Crippen LogP contribution in [0.25, 0.3) is 5.57 Å². The van der Waals surface area contributed by atoms with Crippen molar-refractivity contribution >= 4 is 11.4 Å². The zero-order valence-electron chi connectivity index (χ0n) is 17.8. The maximum absolute atomic E-state index is 14.9. The zero-order chi connectivity index (χ0) is 21.5. The molecular formula is C24H29F2N3O. The molecule has 6 heteroatoms. The smallest absolute Gasteiger partial charge is 0.143 e. The standard InChI is InChI=1S/C24H29F2N3O/c1-4-27-22-8-5-16(12-28-22)23-21-11-17-10-18(25)6-7-19(17)20(21)9-15(2)29(23)13-24(3,26)14-30/h5-8,10,12,15,23,30H,4,9,11,13-14H2,1-3H3,(H,27,28). The van der Waals surface area contributed by atoms with Crippen LogP contribution < -0.4 is 5.32 Å². The van der Waals surface area contributed by atoms with Crippen LogP contribution in [0.3, 0.4) is 0 Å². The van der Waals surface area contributed by atoms with Gasteiger partial charge in [0, 0.05) is 25.3 Å². The molecule has 4 rings (SSSR count). The summed E-state index contributed by atoms with van der Waals surface area (Å²) < 4.78 is 28.8. The fourth-order valence-corrected chi connectivity index (χ4v) is 4.78. The van der Waals surface area contributed by atoms with Gasteiger partial charge in [0.05, 0.1) is 12.6 Å². The van der Waals surface area contributed by atoms with E-state index in [0.29, 0.717) is 6.42 Å². The summed E-state index contributed by atoms with van der Waals surface area (Å²) in [7, 11) is 0. The third-order valence-corrected chi connectivity index (χ3v) is 6.19. The summed E-state index contributed by atoms with van der Waals surface area (Å²) in [5.74, 6) is 0.566. The van der Waals surface area contributed by atoms with Crippen LogP contribution in [0.4, 0.5) is 14.6 Å². The molecule has 2 N–H and O–H groups in total. The first kappa shape index (κ1) is 20.9. The van der Waals surface area contributed by atoms with Crippen LogP contribution in [0.15, 0.2) is 42.1 Å². The Morgan fingerprint density at radius 3 is 2.77 bits per heavy atom. The Balaban J connectivity index is 1.78. The monoisotopic (exact) mass is 413 g/mol. The van der Waals surface area contributed by atoms with Crippen molar-refractivity contribution in [2.24, 2.45) is 0 Å². The molecule has 3 atom stereocenters. The van der Waals surface area contributed by atoms with Gasteiger partial charge in [0.1, 0.15) is 17.3 Å². The van der Waals surface area contributed by atoms with Crippen molar-refractivity contribution in [1.29, 1.82) is 0 Å². The van der Waals surface area contributed by atoms with Crippen LogP contribution in [0, 0.1) is 5.82 Å². The van der Waals surface area contributed by atoms with Gasteiger partial charge in [-0.15, -0.1) is 0 Å². The average Bonchev–Trinajstić information content (AvgIpc) is 3.06. The molecule has 1 aliphatic heterocycles. The van der Waals surface area contributed by atoms with Gasteiger partial charge in [-0.05, 0) is 79.6 Å². The minimum absolute atomic E-state index is 0.0693. The van der Waals surface area contributed by atoms with Crippen LogP contribution in [-0.4, -0.2) is 46.4 Å². The highest BCUT2D eigenvalue weighted by molar-refractivity contribution is 5.79. The van der Waals surface area contributed by atoms with Crippen molar-refractivity contribution in [2.75, 3.05) is 25.0 Å². The van der Waals surface area contributed by atoms with E-state index >= 15 is 0 Å². The van der Waals surface area contributed by atoms with Crippen LogP contribution in [-0.2, 0) is 6.42 Å². The molecule has 1 aliphatic carbocycles. The second-order valence-corrected chi connectivity index (χ2v) is 8.69. The van der Waals surface area contributed by atoms with Crippen LogP contribution in [0.5, 0.6) is 0 Å². The number of halogens is 2. The second kappa shape index (κ2) is 8.08. The molecule has 1 aromatic carbocycles. The lowest BCUT2D eigenvalue weighted by atomic mass is 9.85. The van der Waals surface area contributed by atoms with Crippen LogP contribution >= 0.6 is 0 Å². The molecule has 0 radical (unpaired) electrons. The third kappa shape index (κ3) is 3.86. The van der Waals surface area contributed by atoms with E-state index in [-0.39, 0.29) is 24.4 Å².